The molecule has 0 atom stereocenters. The second-order valence-corrected chi connectivity index (χ2v) is 2.14. The quantitative estimate of drug-likeness (QED) is 0.600. The van der Waals surface area contributed by atoms with E-state index in [0.717, 1.165) is 0 Å². The molecule has 0 aromatic carbocycles. The van der Waals surface area contributed by atoms with E-state index in [9.17, 15) is 0 Å². The molecular formula is C6H7NO3. The Bertz CT molecular complexity index is 262. The summed E-state index contributed by atoms with van der Waals surface area (Å²) in [5, 5.41) is 9.00. The average Bonchev–Trinajstić information content (AvgIpc) is 2.57. The maximum atomic E-state index is 9.00. The summed E-state index contributed by atoms with van der Waals surface area (Å²) in [7, 11) is 0. The number of fused-ring (bicyclic) bond motifs is 1. The van der Waals surface area contributed by atoms with E-state index in [-0.39, 0.29) is 5.95 Å². The Morgan fingerprint density at radius 3 is 2.80 bits per heavy atom. The van der Waals surface area contributed by atoms with Crippen LogP contribution in [0.1, 0.15) is 5.56 Å². The van der Waals surface area contributed by atoms with Gasteiger partial charge < -0.3 is 20.0 Å². The van der Waals surface area contributed by atoms with E-state index in [0.29, 0.717) is 30.2 Å². The summed E-state index contributed by atoms with van der Waals surface area (Å²) < 4.78 is 9.56. The highest BCUT2D eigenvalue weighted by Gasteiger charge is 2.34. The Kier molecular flexibility index (Phi) is 0.935. The maximum absolute atomic E-state index is 9.00. The van der Waals surface area contributed by atoms with Crippen LogP contribution in [0, 0.1) is 0 Å². The monoisotopic (exact) mass is 141 g/mol. The first-order valence-corrected chi connectivity index (χ1v) is 3.05. The zero-order valence-electron chi connectivity index (χ0n) is 5.26. The highest BCUT2D eigenvalue weighted by Crippen LogP contribution is 2.54. The van der Waals surface area contributed by atoms with Gasteiger partial charge in [0.15, 0.2) is 0 Å². The van der Waals surface area contributed by atoms with E-state index >= 15 is 0 Å². The van der Waals surface area contributed by atoms with Crippen LogP contribution in [0.2, 0.25) is 0 Å². The van der Waals surface area contributed by atoms with Crippen LogP contribution in [0.25, 0.3) is 0 Å². The van der Waals surface area contributed by atoms with E-state index < -0.39 is 0 Å². The van der Waals surface area contributed by atoms with Gasteiger partial charge in [0.1, 0.15) is 0 Å². The first-order chi connectivity index (χ1) is 4.83. The minimum atomic E-state index is -0.0540. The van der Waals surface area contributed by atoms with Crippen molar-refractivity contribution in [3.8, 4) is 17.6 Å². The van der Waals surface area contributed by atoms with Gasteiger partial charge in [-0.25, -0.2) is 0 Å². The maximum Gasteiger partial charge on any atom is 0.338 e. The molecule has 1 aliphatic heterocycles. The molecule has 0 bridgehead atoms. The molecule has 0 unspecified atom stereocenters. The summed E-state index contributed by atoms with van der Waals surface area (Å²) in [5.74, 6) is 1.05. The van der Waals surface area contributed by atoms with Gasteiger partial charge in [-0.05, 0) is 13.0 Å². The number of aromatic hydroxyl groups is 1. The molecule has 0 spiro atoms. The summed E-state index contributed by atoms with van der Waals surface area (Å²) in [4.78, 5) is 0. The van der Waals surface area contributed by atoms with Gasteiger partial charge in [0.05, 0.1) is 5.56 Å². The van der Waals surface area contributed by atoms with Crippen molar-refractivity contribution >= 4 is 0 Å². The van der Waals surface area contributed by atoms with Gasteiger partial charge in [-0.1, -0.05) is 0 Å². The average molecular weight is 141 g/mol. The zero-order chi connectivity index (χ0) is 7.14. The first kappa shape index (κ1) is 5.61. The lowest BCUT2D eigenvalue weighted by atomic mass is 10.2. The second kappa shape index (κ2) is 1.67. The second-order valence-electron chi connectivity index (χ2n) is 2.14. The molecule has 1 aromatic rings. The summed E-state index contributed by atoms with van der Waals surface area (Å²) in [6, 6.07) is 0. The Morgan fingerprint density at radius 2 is 2.30 bits per heavy atom. The molecule has 54 valence electrons. The fourth-order valence-corrected chi connectivity index (χ4v) is 0.930. The highest BCUT2D eigenvalue weighted by molar-refractivity contribution is 5.57. The predicted octanol–water partition coefficient (Wildman–Crippen LogP) is 0.592. The number of furan rings is 1. The third kappa shape index (κ3) is 0.593. The normalized spacial score (nSPS) is 12.5. The smallest absolute Gasteiger partial charge is 0.338 e. The molecule has 3 N–H and O–H groups in total. The van der Waals surface area contributed by atoms with Crippen LogP contribution in [-0.2, 0) is 6.42 Å². The van der Waals surface area contributed by atoms with E-state index in [2.05, 4.69) is 0 Å². The van der Waals surface area contributed by atoms with Gasteiger partial charge in [-0.15, -0.1) is 0 Å². The van der Waals surface area contributed by atoms with Crippen molar-refractivity contribution in [2.45, 2.75) is 6.42 Å². The van der Waals surface area contributed by atoms with Crippen molar-refractivity contribution in [2.75, 3.05) is 6.54 Å². The molecule has 0 fully saturated rings. The molecule has 0 aliphatic carbocycles. The lowest BCUT2D eigenvalue weighted by molar-refractivity contribution is 0.299. The van der Waals surface area contributed by atoms with Crippen molar-refractivity contribution in [2.24, 2.45) is 5.73 Å². The van der Waals surface area contributed by atoms with E-state index in [4.69, 9.17) is 20.0 Å². The molecule has 1 aliphatic rings. The van der Waals surface area contributed by atoms with Gasteiger partial charge >= 0.3 is 5.95 Å². The summed E-state index contributed by atoms with van der Waals surface area (Å²) in [5.41, 5.74) is 5.96. The Balaban J connectivity index is 2.31. The molecule has 1 aromatic heterocycles. The first-order valence-electron chi connectivity index (χ1n) is 3.05. The molecular weight excluding hydrogens is 134 g/mol. The van der Waals surface area contributed by atoms with Crippen LogP contribution in [0.3, 0.4) is 0 Å². The largest absolute Gasteiger partial charge is 0.480 e. The topological polar surface area (TPSA) is 71.9 Å². The third-order valence-corrected chi connectivity index (χ3v) is 1.45. The predicted molar refractivity (Wildman–Crippen MR) is 33.2 cm³/mol. The van der Waals surface area contributed by atoms with Gasteiger partial charge in [0.25, 0.3) is 5.95 Å². The van der Waals surface area contributed by atoms with Crippen molar-refractivity contribution in [3.63, 3.8) is 0 Å². The van der Waals surface area contributed by atoms with E-state index in [1.165, 1.54) is 0 Å². The minimum absolute atomic E-state index is 0.0540. The van der Waals surface area contributed by atoms with Crippen molar-refractivity contribution in [1.82, 2.24) is 0 Å². The minimum Gasteiger partial charge on any atom is -0.480 e. The Hall–Kier alpha value is -1.16. The van der Waals surface area contributed by atoms with Crippen molar-refractivity contribution < 1.29 is 14.3 Å². The molecule has 2 heterocycles. The van der Waals surface area contributed by atoms with Crippen LogP contribution in [0.4, 0.5) is 0 Å². The number of hydrogen-bond donors (Lipinski definition) is 2. The van der Waals surface area contributed by atoms with Gasteiger partial charge in [0, 0.05) is 0 Å². The summed E-state index contributed by atoms with van der Waals surface area (Å²) in [6.07, 6.45) is 0.602. The number of ether oxygens (including phenoxy) is 1. The Morgan fingerprint density at radius 1 is 1.50 bits per heavy atom. The molecule has 2 rings (SSSR count). The molecule has 0 amide bonds. The Labute approximate surface area is 57.2 Å². The molecule has 0 saturated carbocycles. The molecule has 4 heteroatoms. The third-order valence-electron chi connectivity index (χ3n) is 1.45. The number of nitrogens with two attached hydrogens (primary N) is 1. The number of hydrogen-bond acceptors (Lipinski definition) is 4. The molecule has 0 saturated heterocycles. The molecule has 0 radical (unpaired) electrons. The molecule has 10 heavy (non-hydrogen) atoms. The fraction of sp³-hybridized carbons (Fsp3) is 0.333. The SMILES string of the molecule is NCCc1c(O)oc2c1O2. The summed E-state index contributed by atoms with van der Waals surface area (Å²) in [6.45, 7) is 0.489. The van der Waals surface area contributed by atoms with Crippen LogP contribution < -0.4 is 10.5 Å². The van der Waals surface area contributed by atoms with Crippen LogP contribution in [-0.4, -0.2) is 11.7 Å². The zero-order valence-corrected chi connectivity index (χ0v) is 5.26. The van der Waals surface area contributed by atoms with E-state index in [1.807, 2.05) is 0 Å². The molecule has 4 nitrogen and oxygen atoms in total. The van der Waals surface area contributed by atoms with Crippen LogP contribution in [0.15, 0.2) is 4.42 Å². The van der Waals surface area contributed by atoms with Crippen molar-refractivity contribution in [3.05, 3.63) is 5.56 Å². The van der Waals surface area contributed by atoms with Crippen LogP contribution in [0.5, 0.6) is 17.6 Å². The fourth-order valence-electron chi connectivity index (χ4n) is 0.930. The van der Waals surface area contributed by atoms with Crippen LogP contribution >= 0.6 is 0 Å². The highest BCUT2D eigenvalue weighted by atomic mass is 16.7. The number of rotatable bonds is 2. The standard InChI is InChI=1S/C6H7NO3/c7-2-1-3-4-6(9-4)10-5(3)8/h8H,1-2,7H2. The van der Waals surface area contributed by atoms with E-state index in [1.54, 1.807) is 0 Å². The van der Waals surface area contributed by atoms with Crippen molar-refractivity contribution in [1.29, 1.82) is 0 Å². The van der Waals surface area contributed by atoms with Gasteiger partial charge in [-0.3, -0.25) is 0 Å². The lowest BCUT2D eigenvalue weighted by Crippen LogP contribution is -2.01. The van der Waals surface area contributed by atoms with Gasteiger partial charge in [-0.2, -0.15) is 0 Å². The van der Waals surface area contributed by atoms with Gasteiger partial charge in [0.2, 0.25) is 5.75 Å². The summed E-state index contributed by atoms with van der Waals surface area (Å²) >= 11 is 0. The lowest BCUT2D eigenvalue weighted by Gasteiger charge is -1.92.